The van der Waals surface area contributed by atoms with Crippen LogP contribution in [0.3, 0.4) is 0 Å². The molecule has 0 aromatic heterocycles. The van der Waals surface area contributed by atoms with E-state index < -0.39 is 5.41 Å². The highest BCUT2D eigenvalue weighted by molar-refractivity contribution is 5.83. The van der Waals surface area contributed by atoms with Gasteiger partial charge in [0, 0.05) is 12.6 Å². The van der Waals surface area contributed by atoms with E-state index in [2.05, 4.69) is 5.32 Å². The Labute approximate surface area is 103 Å². The lowest BCUT2D eigenvalue weighted by Gasteiger charge is -2.28. The summed E-state index contributed by atoms with van der Waals surface area (Å²) in [5, 5.41) is 3.07. The first-order chi connectivity index (χ1) is 8.13. The molecule has 0 radical (unpaired) electrons. The molecule has 1 heterocycles. The van der Waals surface area contributed by atoms with Crippen molar-refractivity contribution in [3.8, 4) is 0 Å². The third kappa shape index (κ3) is 2.80. The first-order valence-corrected chi connectivity index (χ1v) is 6.74. The molecule has 0 aromatic rings. The molecule has 2 unspecified atom stereocenters. The van der Waals surface area contributed by atoms with Crippen LogP contribution < -0.4 is 11.1 Å². The third-order valence-electron chi connectivity index (χ3n) is 4.31. The van der Waals surface area contributed by atoms with Gasteiger partial charge in [-0.2, -0.15) is 0 Å². The number of hydrogen-bond acceptors (Lipinski definition) is 3. The van der Waals surface area contributed by atoms with Gasteiger partial charge in [0.15, 0.2) is 0 Å². The Kier molecular flexibility index (Phi) is 4.05. The van der Waals surface area contributed by atoms with Crippen LogP contribution in [0.15, 0.2) is 0 Å². The van der Waals surface area contributed by atoms with E-state index in [0.717, 1.165) is 6.54 Å². The molecule has 4 heteroatoms. The standard InChI is InChI=1S/C13H24N2O2/c1-13(9-17-8-11(13)14)12(16)15-7-10-5-3-2-4-6-10/h10-11H,2-9,14H2,1H3,(H,15,16). The second kappa shape index (κ2) is 5.36. The zero-order chi connectivity index (χ0) is 12.3. The molecule has 2 rings (SSSR count). The van der Waals surface area contributed by atoms with Crippen molar-refractivity contribution in [1.29, 1.82) is 0 Å². The van der Waals surface area contributed by atoms with Gasteiger partial charge in [0.25, 0.3) is 0 Å². The normalized spacial score (nSPS) is 34.8. The van der Waals surface area contributed by atoms with Crippen LogP contribution in [0, 0.1) is 11.3 Å². The molecule has 3 N–H and O–H groups in total. The monoisotopic (exact) mass is 240 g/mol. The largest absolute Gasteiger partial charge is 0.379 e. The predicted molar refractivity (Wildman–Crippen MR) is 66.5 cm³/mol. The van der Waals surface area contributed by atoms with Crippen LogP contribution in [-0.4, -0.2) is 31.7 Å². The van der Waals surface area contributed by atoms with E-state index in [1.165, 1.54) is 32.1 Å². The lowest BCUT2D eigenvalue weighted by Crippen LogP contribution is -2.50. The zero-order valence-electron chi connectivity index (χ0n) is 10.7. The van der Waals surface area contributed by atoms with E-state index in [0.29, 0.717) is 19.1 Å². The van der Waals surface area contributed by atoms with Gasteiger partial charge < -0.3 is 15.8 Å². The number of nitrogens with one attached hydrogen (secondary N) is 1. The van der Waals surface area contributed by atoms with Gasteiger partial charge in [-0.1, -0.05) is 19.3 Å². The lowest BCUT2D eigenvalue weighted by molar-refractivity contribution is -0.130. The van der Waals surface area contributed by atoms with Crippen molar-refractivity contribution in [2.45, 2.75) is 45.1 Å². The molecule has 17 heavy (non-hydrogen) atoms. The second-order valence-electron chi connectivity index (χ2n) is 5.75. The Morgan fingerprint density at radius 2 is 2.12 bits per heavy atom. The van der Waals surface area contributed by atoms with Gasteiger partial charge in [0.1, 0.15) is 0 Å². The molecule has 4 nitrogen and oxygen atoms in total. The van der Waals surface area contributed by atoms with Crippen LogP contribution >= 0.6 is 0 Å². The maximum atomic E-state index is 12.1. The SMILES string of the molecule is CC1(C(=O)NCC2CCCCC2)COCC1N. The summed E-state index contributed by atoms with van der Waals surface area (Å²) in [6.45, 7) is 3.65. The van der Waals surface area contributed by atoms with Crippen molar-refractivity contribution in [3.63, 3.8) is 0 Å². The second-order valence-corrected chi connectivity index (χ2v) is 5.75. The number of hydrogen-bond donors (Lipinski definition) is 2. The third-order valence-corrected chi connectivity index (χ3v) is 4.31. The van der Waals surface area contributed by atoms with Gasteiger partial charge in [0.05, 0.1) is 18.6 Å². The fourth-order valence-electron chi connectivity index (χ4n) is 2.75. The minimum Gasteiger partial charge on any atom is -0.379 e. The van der Waals surface area contributed by atoms with Crippen LogP contribution in [0.1, 0.15) is 39.0 Å². The molecule has 0 bridgehead atoms. The summed E-state index contributed by atoms with van der Waals surface area (Å²) in [4.78, 5) is 12.1. The molecule has 2 fully saturated rings. The van der Waals surface area contributed by atoms with Gasteiger partial charge in [-0.3, -0.25) is 4.79 Å². The summed E-state index contributed by atoms with van der Waals surface area (Å²) in [5.74, 6) is 0.725. The van der Waals surface area contributed by atoms with Crippen molar-refractivity contribution in [1.82, 2.24) is 5.32 Å². The van der Waals surface area contributed by atoms with Gasteiger partial charge in [-0.25, -0.2) is 0 Å². The molecule has 1 saturated carbocycles. The van der Waals surface area contributed by atoms with E-state index in [4.69, 9.17) is 10.5 Å². The number of rotatable bonds is 3. The fourth-order valence-corrected chi connectivity index (χ4v) is 2.75. The number of nitrogens with two attached hydrogens (primary N) is 1. The smallest absolute Gasteiger partial charge is 0.229 e. The maximum absolute atomic E-state index is 12.1. The molecule has 0 aromatic carbocycles. The Balaban J connectivity index is 1.80. The summed E-state index contributed by atoms with van der Waals surface area (Å²) in [7, 11) is 0. The predicted octanol–water partition coefficient (Wildman–Crippen LogP) is 1.05. The molecular weight excluding hydrogens is 216 g/mol. The molecule has 2 atom stereocenters. The van der Waals surface area contributed by atoms with Gasteiger partial charge in [-0.05, 0) is 25.7 Å². The first kappa shape index (κ1) is 12.8. The minimum absolute atomic E-state index is 0.0630. The minimum atomic E-state index is -0.533. The number of ether oxygens (including phenoxy) is 1. The first-order valence-electron chi connectivity index (χ1n) is 6.74. The Bertz CT molecular complexity index is 277. The van der Waals surface area contributed by atoms with E-state index in [9.17, 15) is 4.79 Å². The van der Waals surface area contributed by atoms with Crippen molar-refractivity contribution < 1.29 is 9.53 Å². The van der Waals surface area contributed by atoms with Gasteiger partial charge in [-0.15, -0.1) is 0 Å². The number of amides is 1. The highest BCUT2D eigenvalue weighted by Gasteiger charge is 2.44. The fraction of sp³-hybridized carbons (Fsp3) is 0.923. The number of carbonyl (C=O) groups is 1. The molecule has 98 valence electrons. The molecular formula is C13H24N2O2. The summed E-state index contributed by atoms with van der Waals surface area (Å²) in [6, 6.07) is -0.172. The van der Waals surface area contributed by atoms with E-state index in [-0.39, 0.29) is 11.9 Å². The molecule has 1 aliphatic carbocycles. The summed E-state index contributed by atoms with van der Waals surface area (Å²) >= 11 is 0. The van der Waals surface area contributed by atoms with E-state index in [1.807, 2.05) is 6.92 Å². The number of carbonyl (C=O) groups excluding carboxylic acids is 1. The van der Waals surface area contributed by atoms with Crippen molar-refractivity contribution in [2.75, 3.05) is 19.8 Å². The molecule has 2 aliphatic rings. The van der Waals surface area contributed by atoms with E-state index in [1.54, 1.807) is 0 Å². The van der Waals surface area contributed by atoms with E-state index >= 15 is 0 Å². The van der Waals surface area contributed by atoms with Crippen LogP contribution in [0.5, 0.6) is 0 Å². The zero-order valence-corrected chi connectivity index (χ0v) is 10.7. The van der Waals surface area contributed by atoms with Crippen LogP contribution in [0.2, 0.25) is 0 Å². The summed E-state index contributed by atoms with van der Waals surface area (Å²) < 4.78 is 5.30. The van der Waals surface area contributed by atoms with Crippen molar-refractivity contribution >= 4 is 5.91 Å². The molecule has 1 aliphatic heterocycles. The summed E-state index contributed by atoms with van der Waals surface area (Å²) in [5.41, 5.74) is 5.40. The quantitative estimate of drug-likeness (QED) is 0.775. The highest BCUT2D eigenvalue weighted by Crippen LogP contribution is 2.28. The van der Waals surface area contributed by atoms with Crippen LogP contribution in [0.25, 0.3) is 0 Å². The Hall–Kier alpha value is -0.610. The molecule has 0 spiro atoms. The summed E-state index contributed by atoms with van der Waals surface area (Å²) in [6.07, 6.45) is 6.46. The highest BCUT2D eigenvalue weighted by atomic mass is 16.5. The van der Waals surface area contributed by atoms with Crippen LogP contribution in [0.4, 0.5) is 0 Å². The molecule has 1 saturated heterocycles. The van der Waals surface area contributed by atoms with Crippen LogP contribution in [-0.2, 0) is 9.53 Å². The maximum Gasteiger partial charge on any atom is 0.229 e. The van der Waals surface area contributed by atoms with Crippen molar-refractivity contribution in [2.24, 2.45) is 17.1 Å². The Morgan fingerprint density at radius 3 is 2.71 bits per heavy atom. The van der Waals surface area contributed by atoms with Crippen molar-refractivity contribution in [3.05, 3.63) is 0 Å². The Morgan fingerprint density at radius 1 is 1.41 bits per heavy atom. The lowest BCUT2D eigenvalue weighted by atomic mass is 9.84. The van der Waals surface area contributed by atoms with Gasteiger partial charge >= 0.3 is 0 Å². The average Bonchev–Trinajstić information content (AvgIpc) is 2.69. The topological polar surface area (TPSA) is 64.3 Å². The van der Waals surface area contributed by atoms with Gasteiger partial charge in [0.2, 0.25) is 5.91 Å². The molecule has 1 amide bonds. The average molecular weight is 240 g/mol.